The van der Waals surface area contributed by atoms with Gasteiger partial charge in [0, 0.05) is 51.6 Å². The third kappa shape index (κ3) is 38.0. The van der Waals surface area contributed by atoms with Crippen LogP contribution in [0.15, 0.2) is 42.5 Å². The highest BCUT2D eigenvalue weighted by atomic mass is 16.7. The molecule has 2 N–H and O–H groups in total. The number of ether oxygens (including phenoxy) is 5. The Morgan fingerprint density at radius 1 is 0.605 bits per heavy atom. The van der Waals surface area contributed by atoms with Crippen LogP contribution in [-0.4, -0.2) is 85.8 Å². The lowest BCUT2D eigenvalue weighted by atomic mass is 9.92. The zero-order chi connectivity index (χ0) is 54.9. The smallest absolute Gasteiger partial charge is 0.407 e. The predicted molar refractivity (Wildman–Crippen MR) is 306 cm³/mol. The second-order valence-corrected chi connectivity index (χ2v) is 20.4. The molecule has 76 heavy (non-hydrogen) atoms. The Bertz CT molecular complexity index is 1840. The van der Waals surface area contributed by atoms with Crippen LogP contribution in [0.5, 0.6) is 0 Å². The van der Waals surface area contributed by atoms with E-state index in [2.05, 4.69) is 85.9 Å². The number of rotatable bonds is 45. The lowest BCUT2D eigenvalue weighted by Gasteiger charge is -2.19. The van der Waals surface area contributed by atoms with E-state index >= 15 is 0 Å². The van der Waals surface area contributed by atoms with E-state index in [9.17, 15) is 24.3 Å². The van der Waals surface area contributed by atoms with E-state index < -0.39 is 42.3 Å². The molecule has 12 nitrogen and oxygen atoms in total. The Kier molecular flexibility index (Phi) is 42.3. The molecule has 12 heteroatoms. The summed E-state index contributed by atoms with van der Waals surface area (Å²) in [7, 11) is 0. The number of alkyl carbamates (subject to hydrolysis) is 1. The van der Waals surface area contributed by atoms with Gasteiger partial charge in [0.15, 0.2) is 6.29 Å². The standard InChI is InChI=1S/C64H102N2O10/c1-5-9-13-17-20-21-22-23-24-25-26-27-28-31-37-58(63(69)70)52-55-49-56(53-74-60(67)40-39-59(38-32-16-12-8-4)76-64(71)65-43-46-66-44-33-34-45-66)51-57(50-55)54-75-61(68)41-42-62(72-47-35-29-18-14-10-6-2)73-48-36-30-19-15-11-7-3/h20-21,23-24,49-51,58-59,62H,5-17,22,25-28,31-48,52-54H2,1-4H3,(H,65,71)(H,69,70)/b21-20-,24-23-. The van der Waals surface area contributed by atoms with Crippen molar-refractivity contribution in [3.05, 3.63) is 59.2 Å². The van der Waals surface area contributed by atoms with E-state index in [1.165, 1.54) is 32.1 Å². The van der Waals surface area contributed by atoms with Gasteiger partial charge in [-0.15, -0.1) is 23.7 Å². The average molecular weight is 1060 g/mol. The molecule has 0 radical (unpaired) electrons. The van der Waals surface area contributed by atoms with Gasteiger partial charge in [-0.25, -0.2) is 4.79 Å². The average Bonchev–Trinajstić information content (AvgIpc) is 3.94. The zero-order valence-corrected chi connectivity index (χ0v) is 47.9. The Hall–Kier alpha value is -4.62. The van der Waals surface area contributed by atoms with Crippen LogP contribution in [0.1, 0.15) is 237 Å². The van der Waals surface area contributed by atoms with Crippen molar-refractivity contribution in [3.8, 4) is 23.7 Å². The molecule has 1 aliphatic heterocycles. The van der Waals surface area contributed by atoms with Gasteiger partial charge in [0.25, 0.3) is 0 Å². The van der Waals surface area contributed by atoms with Crippen molar-refractivity contribution < 1.29 is 48.0 Å². The largest absolute Gasteiger partial charge is 0.481 e. The summed E-state index contributed by atoms with van der Waals surface area (Å²) in [6, 6.07) is 5.60. The molecule has 428 valence electrons. The fourth-order valence-corrected chi connectivity index (χ4v) is 8.89. The van der Waals surface area contributed by atoms with E-state index in [1.54, 1.807) is 0 Å². The van der Waals surface area contributed by atoms with Gasteiger partial charge in [-0.05, 0) is 126 Å². The number of carbonyl (C=O) groups is 4. The van der Waals surface area contributed by atoms with Crippen molar-refractivity contribution in [3.63, 3.8) is 0 Å². The molecule has 1 aliphatic rings. The highest BCUT2D eigenvalue weighted by molar-refractivity contribution is 5.71. The van der Waals surface area contributed by atoms with E-state index in [4.69, 9.17) is 23.7 Å². The van der Waals surface area contributed by atoms with Gasteiger partial charge >= 0.3 is 24.0 Å². The first-order valence-corrected chi connectivity index (χ1v) is 29.9. The van der Waals surface area contributed by atoms with Crippen LogP contribution in [-0.2, 0) is 57.7 Å². The Morgan fingerprint density at radius 3 is 1.71 bits per heavy atom. The predicted octanol–water partition coefficient (Wildman–Crippen LogP) is 14.7. The maximum Gasteiger partial charge on any atom is 0.407 e. The molecule has 2 unspecified atom stereocenters. The molecule has 0 bridgehead atoms. The molecule has 0 aliphatic carbocycles. The molecule has 1 amide bonds. The van der Waals surface area contributed by atoms with Crippen LogP contribution in [0.3, 0.4) is 0 Å². The summed E-state index contributed by atoms with van der Waals surface area (Å²) in [6.07, 6.45) is 34.2. The molecule has 1 saturated heterocycles. The second kappa shape index (κ2) is 47.6. The topological polar surface area (TPSA) is 150 Å². The molecule has 0 aromatic heterocycles. The number of benzene rings is 1. The molecule has 0 spiro atoms. The van der Waals surface area contributed by atoms with Gasteiger partial charge in [-0.3, -0.25) is 14.4 Å². The summed E-state index contributed by atoms with van der Waals surface area (Å²) in [5.74, 6) is 10.4. The first-order chi connectivity index (χ1) is 37.2. The number of hydrogen-bond donors (Lipinski definition) is 2. The maximum atomic E-state index is 13.3. The zero-order valence-electron chi connectivity index (χ0n) is 47.9. The van der Waals surface area contributed by atoms with Crippen molar-refractivity contribution >= 4 is 24.0 Å². The number of carboxylic acids is 1. The number of allylic oxidation sites excluding steroid dienone is 4. The maximum absolute atomic E-state index is 13.3. The van der Waals surface area contributed by atoms with E-state index in [1.807, 2.05) is 18.2 Å². The number of nitrogens with zero attached hydrogens (tertiary/aromatic N) is 1. The lowest BCUT2D eigenvalue weighted by Crippen LogP contribution is -2.35. The fourth-order valence-electron chi connectivity index (χ4n) is 8.89. The minimum absolute atomic E-state index is 0.0424. The van der Waals surface area contributed by atoms with E-state index in [0.717, 1.165) is 134 Å². The van der Waals surface area contributed by atoms with Crippen molar-refractivity contribution in [1.29, 1.82) is 0 Å². The van der Waals surface area contributed by atoms with Gasteiger partial charge in [0.2, 0.25) is 0 Å². The lowest BCUT2D eigenvalue weighted by molar-refractivity contribution is -0.158. The SMILES string of the molecule is CCCCC#CCCOC(CCC(=O)OCc1cc(COC(=O)CCC(CCCCCC)OC(=O)NCCN2CCCC2)cc(CC(CCCCCC/C=C\C/C=C\CCCCC)C(=O)O)c1)OCCC#CCCCC. The minimum Gasteiger partial charge on any atom is -0.481 e. The normalized spacial score (nSPS) is 13.3. The van der Waals surface area contributed by atoms with Crippen molar-refractivity contribution in [2.75, 3.05) is 39.4 Å². The Labute approximate surface area is 461 Å². The summed E-state index contributed by atoms with van der Waals surface area (Å²) >= 11 is 0. The summed E-state index contributed by atoms with van der Waals surface area (Å²) in [5.41, 5.74) is 2.11. The second-order valence-electron chi connectivity index (χ2n) is 20.4. The van der Waals surface area contributed by atoms with Crippen LogP contribution in [0.25, 0.3) is 0 Å². The van der Waals surface area contributed by atoms with Crippen LogP contribution in [0, 0.1) is 29.6 Å². The first-order valence-electron chi connectivity index (χ1n) is 29.9. The first kappa shape index (κ1) is 67.5. The number of aliphatic carboxylic acids is 1. The summed E-state index contributed by atoms with van der Waals surface area (Å²) in [6.45, 7) is 12.8. The van der Waals surface area contributed by atoms with Crippen molar-refractivity contribution in [1.82, 2.24) is 10.2 Å². The third-order valence-corrected chi connectivity index (χ3v) is 13.4. The summed E-state index contributed by atoms with van der Waals surface area (Å²) in [4.78, 5) is 54.3. The molecule has 0 saturated carbocycles. The van der Waals surface area contributed by atoms with E-state index in [-0.39, 0.29) is 32.5 Å². The van der Waals surface area contributed by atoms with Gasteiger partial charge in [0.1, 0.15) is 19.3 Å². The van der Waals surface area contributed by atoms with Gasteiger partial charge in [-0.2, -0.15) is 0 Å². The molecule has 1 aromatic carbocycles. The summed E-state index contributed by atoms with van der Waals surface area (Å²) in [5, 5.41) is 13.2. The van der Waals surface area contributed by atoms with Crippen LogP contribution >= 0.6 is 0 Å². The quantitative estimate of drug-likeness (QED) is 0.0160. The highest BCUT2D eigenvalue weighted by Gasteiger charge is 2.21. The van der Waals surface area contributed by atoms with Crippen molar-refractivity contribution in [2.45, 2.75) is 252 Å². The number of nitrogens with one attached hydrogen (secondary N) is 1. The van der Waals surface area contributed by atoms with Crippen molar-refractivity contribution in [2.24, 2.45) is 5.92 Å². The number of unbranched alkanes of at least 4 members (excludes halogenated alkanes) is 14. The molecular formula is C64H102N2O10. The monoisotopic (exact) mass is 1060 g/mol. The number of esters is 2. The van der Waals surface area contributed by atoms with Crippen LogP contribution < -0.4 is 5.32 Å². The fraction of sp³-hybridized carbons (Fsp3) is 0.719. The molecule has 1 heterocycles. The van der Waals surface area contributed by atoms with Crippen LogP contribution in [0.2, 0.25) is 0 Å². The molecule has 1 fully saturated rings. The minimum atomic E-state index is -0.853. The summed E-state index contributed by atoms with van der Waals surface area (Å²) < 4.78 is 29.5. The van der Waals surface area contributed by atoms with Gasteiger partial charge in [0.05, 0.1) is 25.6 Å². The molecular weight excluding hydrogens is 957 g/mol. The number of likely N-dealkylation sites (tertiary alicyclic amines) is 1. The number of amides is 1. The highest BCUT2D eigenvalue weighted by Crippen LogP contribution is 2.22. The van der Waals surface area contributed by atoms with E-state index in [0.29, 0.717) is 69.4 Å². The molecule has 2 atom stereocenters. The van der Waals surface area contributed by atoms with Crippen LogP contribution in [0.4, 0.5) is 4.79 Å². The molecule has 2 rings (SSSR count). The number of carboxylic acid groups (broad SMARTS) is 1. The Balaban J connectivity index is 2.11. The third-order valence-electron chi connectivity index (χ3n) is 13.4. The Morgan fingerprint density at radius 2 is 1.12 bits per heavy atom. The molecule has 1 aromatic rings. The number of hydrogen-bond acceptors (Lipinski definition) is 10. The van der Waals surface area contributed by atoms with Gasteiger partial charge < -0.3 is 39.0 Å². The number of carbonyl (C=O) groups excluding carboxylic acids is 3. The van der Waals surface area contributed by atoms with Gasteiger partial charge in [-0.1, -0.05) is 128 Å².